The largest absolute Gasteiger partial charge is 0.311 e. The molecule has 2 aromatic heterocycles. The van der Waals surface area contributed by atoms with Gasteiger partial charge in [-0.2, -0.15) is 5.10 Å². The van der Waals surface area contributed by atoms with Crippen LogP contribution >= 0.6 is 11.6 Å². The monoisotopic (exact) mass is 349 g/mol. The van der Waals surface area contributed by atoms with Gasteiger partial charge in [-0.15, -0.1) is 0 Å². The lowest BCUT2D eigenvalue weighted by atomic mass is 9.94. The third kappa shape index (κ3) is 3.54. The molecule has 130 valence electrons. The molecule has 2 aromatic rings. The molecular weight excluding hydrogens is 326 g/mol. The smallest absolute Gasteiger partial charge is 0.251 e. The Kier molecular flexibility index (Phi) is 5.06. The van der Waals surface area contributed by atoms with Crippen LogP contribution in [0.1, 0.15) is 48.5 Å². The first-order valence-corrected chi connectivity index (χ1v) is 8.86. The Morgan fingerprint density at radius 2 is 2.25 bits per heavy atom. The minimum atomic E-state index is -0.0711. The minimum absolute atomic E-state index is 0.0711. The van der Waals surface area contributed by atoms with Crippen molar-refractivity contribution in [2.75, 3.05) is 13.1 Å². The standard InChI is InChI=1S/C17H24ClN5O/c1-4-14-13(17(18)22(3)21-14)10-23-7-5-6-12(9-23)15-8-16(24)20-11(2)19-15/h8,12H,4-7,9-10H2,1-3H3,(H,19,20,24)/t12-/m1/s1. The van der Waals surface area contributed by atoms with Gasteiger partial charge in [-0.25, -0.2) is 4.98 Å². The van der Waals surface area contributed by atoms with E-state index in [1.807, 2.05) is 14.0 Å². The Balaban J connectivity index is 1.78. The highest BCUT2D eigenvalue weighted by Crippen LogP contribution is 2.28. The summed E-state index contributed by atoms with van der Waals surface area (Å²) in [6.45, 7) is 6.66. The van der Waals surface area contributed by atoms with Gasteiger partial charge in [-0.3, -0.25) is 14.4 Å². The second-order valence-electron chi connectivity index (χ2n) is 6.52. The van der Waals surface area contributed by atoms with Crippen LogP contribution in [0.15, 0.2) is 10.9 Å². The van der Waals surface area contributed by atoms with Crippen molar-refractivity contribution in [1.82, 2.24) is 24.6 Å². The third-order valence-electron chi connectivity index (χ3n) is 4.67. The number of piperidine rings is 1. The topological polar surface area (TPSA) is 66.8 Å². The molecule has 1 fully saturated rings. The lowest BCUT2D eigenvalue weighted by Crippen LogP contribution is -2.35. The molecule has 0 radical (unpaired) electrons. The molecule has 0 aliphatic carbocycles. The highest BCUT2D eigenvalue weighted by atomic mass is 35.5. The fourth-order valence-corrected chi connectivity index (χ4v) is 3.72. The summed E-state index contributed by atoms with van der Waals surface area (Å²) in [6, 6.07) is 1.63. The number of aryl methyl sites for hydroxylation is 3. The van der Waals surface area contributed by atoms with E-state index in [2.05, 4.69) is 26.9 Å². The normalized spacial score (nSPS) is 18.9. The van der Waals surface area contributed by atoms with Crippen molar-refractivity contribution >= 4 is 11.6 Å². The fourth-order valence-electron chi connectivity index (χ4n) is 3.52. The van der Waals surface area contributed by atoms with Crippen LogP contribution in [0.25, 0.3) is 0 Å². The maximum absolute atomic E-state index is 11.7. The van der Waals surface area contributed by atoms with E-state index in [-0.39, 0.29) is 5.56 Å². The molecule has 1 N–H and O–H groups in total. The Hall–Kier alpha value is -1.66. The number of H-pyrrole nitrogens is 1. The van der Waals surface area contributed by atoms with Gasteiger partial charge in [-0.05, 0) is 32.7 Å². The average Bonchev–Trinajstić information content (AvgIpc) is 2.82. The van der Waals surface area contributed by atoms with Crippen LogP contribution in [0.4, 0.5) is 0 Å². The molecule has 0 unspecified atom stereocenters. The summed E-state index contributed by atoms with van der Waals surface area (Å²) in [7, 11) is 1.88. The van der Waals surface area contributed by atoms with E-state index in [0.29, 0.717) is 11.7 Å². The van der Waals surface area contributed by atoms with Crippen LogP contribution in [0.3, 0.4) is 0 Å². The summed E-state index contributed by atoms with van der Waals surface area (Å²) in [5, 5.41) is 5.22. The van der Waals surface area contributed by atoms with Crippen molar-refractivity contribution in [3.05, 3.63) is 44.3 Å². The van der Waals surface area contributed by atoms with Crippen LogP contribution in [-0.4, -0.2) is 37.7 Å². The van der Waals surface area contributed by atoms with Crippen molar-refractivity contribution in [1.29, 1.82) is 0 Å². The van der Waals surface area contributed by atoms with Crippen LogP contribution < -0.4 is 5.56 Å². The Bertz CT molecular complexity index is 782. The van der Waals surface area contributed by atoms with Gasteiger partial charge in [0.05, 0.1) is 11.4 Å². The molecular formula is C17H24ClN5O. The van der Waals surface area contributed by atoms with Crippen molar-refractivity contribution in [3.8, 4) is 0 Å². The van der Waals surface area contributed by atoms with Crippen molar-refractivity contribution in [2.24, 2.45) is 7.05 Å². The highest BCUT2D eigenvalue weighted by Gasteiger charge is 2.25. The zero-order valence-corrected chi connectivity index (χ0v) is 15.2. The quantitative estimate of drug-likeness (QED) is 0.920. The lowest BCUT2D eigenvalue weighted by molar-refractivity contribution is 0.198. The van der Waals surface area contributed by atoms with Gasteiger partial charge in [0.25, 0.3) is 5.56 Å². The molecule has 0 aromatic carbocycles. The molecule has 3 rings (SSSR count). The molecule has 6 nitrogen and oxygen atoms in total. The average molecular weight is 350 g/mol. The predicted octanol–water partition coefficient (Wildman–Crippen LogP) is 2.41. The van der Waals surface area contributed by atoms with Crippen molar-refractivity contribution < 1.29 is 0 Å². The number of aromatic nitrogens is 4. The number of halogens is 1. The summed E-state index contributed by atoms with van der Waals surface area (Å²) in [5.41, 5.74) is 3.01. The van der Waals surface area contributed by atoms with Gasteiger partial charge in [0.15, 0.2) is 0 Å². The second kappa shape index (κ2) is 7.07. The van der Waals surface area contributed by atoms with Crippen LogP contribution in [0.5, 0.6) is 0 Å². The van der Waals surface area contributed by atoms with Gasteiger partial charge in [0.2, 0.25) is 0 Å². The molecule has 24 heavy (non-hydrogen) atoms. The Morgan fingerprint density at radius 1 is 1.46 bits per heavy atom. The number of rotatable bonds is 4. The van der Waals surface area contributed by atoms with E-state index < -0.39 is 0 Å². The van der Waals surface area contributed by atoms with Gasteiger partial charge >= 0.3 is 0 Å². The first kappa shape index (κ1) is 17.2. The number of likely N-dealkylation sites (tertiary alicyclic amines) is 1. The van der Waals surface area contributed by atoms with E-state index >= 15 is 0 Å². The molecule has 3 heterocycles. The number of aromatic amines is 1. The number of hydrogen-bond donors (Lipinski definition) is 1. The highest BCUT2D eigenvalue weighted by molar-refractivity contribution is 6.30. The zero-order chi connectivity index (χ0) is 17.3. The number of nitrogens with zero attached hydrogens (tertiary/aromatic N) is 4. The van der Waals surface area contributed by atoms with Crippen LogP contribution in [0, 0.1) is 6.92 Å². The molecule has 1 saturated heterocycles. The summed E-state index contributed by atoms with van der Waals surface area (Å²) in [5.74, 6) is 0.971. The molecule has 7 heteroatoms. The first-order valence-electron chi connectivity index (χ1n) is 8.48. The van der Waals surface area contributed by atoms with Crippen molar-refractivity contribution in [2.45, 2.75) is 45.6 Å². The van der Waals surface area contributed by atoms with Crippen LogP contribution in [-0.2, 0) is 20.0 Å². The third-order valence-corrected chi connectivity index (χ3v) is 5.15. The second-order valence-corrected chi connectivity index (χ2v) is 6.88. The number of nitrogens with one attached hydrogen (secondary N) is 1. The molecule has 1 atom stereocenters. The molecule has 1 aliphatic heterocycles. The van der Waals surface area contributed by atoms with Gasteiger partial charge in [0.1, 0.15) is 11.0 Å². The van der Waals surface area contributed by atoms with E-state index in [4.69, 9.17) is 11.6 Å². The maximum atomic E-state index is 11.7. The molecule has 1 aliphatic rings. The Morgan fingerprint density at radius 3 is 2.96 bits per heavy atom. The summed E-state index contributed by atoms with van der Waals surface area (Å²) < 4.78 is 1.75. The summed E-state index contributed by atoms with van der Waals surface area (Å²) in [4.78, 5) is 21.4. The van der Waals surface area contributed by atoms with Gasteiger partial charge in [-0.1, -0.05) is 18.5 Å². The SMILES string of the molecule is CCc1nn(C)c(Cl)c1CN1CCC[C@@H](c2cc(=O)[nH]c(C)n2)C1. The van der Waals surface area contributed by atoms with Gasteiger partial charge in [0, 0.05) is 37.7 Å². The van der Waals surface area contributed by atoms with E-state index in [1.54, 1.807) is 10.7 Å². The van der Waals surface area contributed by atoms with Crippen molar-refractivity contribution in [3.63, 3.8) is 0 Å². The minimum Gasteiger partial charge on any atom is -0.311 e. The number of hydrogen-bond acceptors (Lipinski definition) is 4. The summed E-state index contributed by atoms with van der Waals surface area (Å²) in [6.07, 6.45) is 3.04. The molecule has 0 bridgehead atoms. The lowest BCUT2D eigenvalue weighted by Gasteiger charge is -2.32. The maximum Gasteiger partial charge on any atom is 0.251 e. The predicted molar refractivity (Wildman–Crippen MR) is 94.4 cm³/mol. The Labute approximate surface area is 146 Å². The molecule has 0 spiro atoms. The fraction of sp³-hybridized carbons (Fsp3) is 0.588. The summed E-state index contributed by atoms with van der Waals surface area (Å²) >= 11 is 6.42. The van der Waals surface area contributed by atoms with Crippen LogP contribution in [0.2, 0.25) is 5.15 Å². The van der Waals surface area contributed by atoms with E-state index in [9.17, 15) is 4.79 Å². The first-order chi connectivity index (χ1) is 11.5. The van der Waals surface area contributed by atoms with E-state index in [1.165, 1.54) is 0 Å². The molecule has 0 amide bonds. The zero-order valence-electron chi connectivity index (χ0n) is 14.5. The van der Waals surface area contributed by atoms with E-state index in [0.717, 1.165) is 61.0 Å². The molecule has 0 saturated carbocycles. The van der Waals surface area contributed by atoms with Gasteiger partial charge < -0.3 is 4.98 Å².